The van der Waals surface area contributed by atoms with E-state index in [1.807, 2.05) is 25.1 Å². The molecule has 2 aliphatic rings. The maximum atomic E-state index is 13.2. The van der Waals surface area contributed by atoms with Crippen molar-refractivity contribution >= 4 is 33.4 Å². The number of amides is 1. The first-order valence-corrected chi connectivity index (χ1v) is 15.7. The Morgan fingerprint density at radius 1 is 1.10 bits per heavy atom. The average Bonchev–Trinajstić information content (AvgIpc) is 2.93. The summed E-state index contributed by atoms with van der Waals surface area (Å²) < 4.78 is 42.4. The van der Waals surface area contributed by atoms with Gasteiger partial charge in [0.15, 0.2) is 0 Å². The fourth-order valence-electron chi connectivity index (χ4n) is 5.18. The first-order chi connectivity index (χ1) is 18.8. The van der Waals surface area contributed by atoms with Crippen LogP contribution in [0.15, 0.2) is 76.8 Å². The molecule has 0 radical (unpaired) electrons. The molecule has 1 amide bonds. The Balaban J connectivity index is 1.15. The predicted octanol–water partition coefficient (Wildman–Crippen LogP) is 5.06. The van der Waals surface area contributed by atoms with Gasteiger partial charge in [-0.2, -0.15) is 0 Å². The highest BCUT2D eigenvalue weighted by molar-refractivity contribution is 7.99. The molecule has 39 heavy (non-hydrogen) atoms. The van der Waals surface area contributed by atoms with Gasteiger partial charge in [0, 0.05) is 30.0 Å². The standard InChI is InChI=1S/C29H33FN4O3S2/c1-19(21-7-11-23(30)12-8-21)32-28(35)22-9-13-24(14-10-22)34-39(36,37)26-16-27-29(31-17-26)38-18-25(33-27)15-20-5-3-2-4-6-20/h2-8,11-12,16-17,19,22,24-25,33-34H,9-10,13-15,18H2,1H3,(H,32,35)/t19-,22?,24?,25?/m1/s1. The second-order valence-corrected chi connectivity index (χ2v) is 13.0. The normalized spacial score (nSPS) is 21.8. The van der Waals surface area contributed by atoms with E-state index in [4.69, 9.17) is 0 Å². The van der Waals surface area contributed by atoms with Gasteiger partial charge in [0.25, 0.3) is 0 Å². The van der Waals surface area contributed by atoms with E-state index in [0.29, 0.717) is 25.7 Å². The molecule has 0 bridgehead atoms. The lowest BCUT2D eigenvalue weighted by Crippen LogP contribution is -2.41. The molecular weight excluding hydrogens is 535 g/mol. The zero-order chi connectivity index (χ0) is 27.4. The van der Waals surface area contributed by atoms with Gasteiger partial charge in [-0.25, -0.2) is 22.5 Å². The van der Waals surface area contributed by atoms with Crippen molar-refractivity contribution < 1.29 is 17.6 Å². The van der Waals surface area contributed by atoms with E-state index in [-0.39, 0.29) is 40.7 Å². The first-order valence-electron chi connectivity index (χ1n) is 13.3. The number of fused-ring (bicyclic) bond motifs is 1. The summed E-state index contributed by atoms with van der Waals surface area (Å²) in [7, 11) is -3.76. The van der Waals surface area contributed by atoms with Gasteiger partial charge in [-0.1, -0.05) is 42.5 Å². The summed E-state index contributed by atoms with van der Waals surface area (Å²) in [6.45, 7) is 1.87. The van der Waals surface area contributed by atoms with Gasteiger partial charge in [-0.05, 0) is 68.4 Å². The highest BCUT2D eigenvalue weighted by Gasteiger charge is 2.30. The van der Waals surface area contributed by atoms with Crippen molar-refractivity contribution in [2.24, 2.45) is 5.92 Å². The molecule has 1 aliphatic carbocycles. The third kappa shape index (κ3) is 6.98. The summed E-state index contributed by atoms with van der Waals surface area (Å²) in [4.78, 5) is 17.4. The summed E-state index contributed by atoms with van der Waals surface area (Å²) in [5.41, 5.74) is 2.81. The van der Waals surface area contributed by atoms with E-state index in [0.717, 1.165) is 28.5 Å². The Morgan fingerprint density at radius 3 is 2.54 bits per heavy atom. The maximum absolute atomic E-state index is 13.2. The number of thioether (sulfide) groups is 1. The molecule has 3 aromatic rings. The highest BCUT2D eigenvalue weighted by atomic mass is 32.2. The van der Waals surface area contributed by atoms with E-state index in [9.17, 15) is 17.6 Å². The monoisotopic (exact) mass is 568 g/mol. The van der Waals surface area contributed by atoms with Crippen molar-refractivity contribution in [3.63, 3.8) is 0 Å². The van der Waals surface area contributed by atoms with E-state index in [1.54, 1.807) is 30.0 Å². The van der Waals surface area contributed by atoms with Crippen molar-refractivity contribution in [3.05, 3.63) is 83.8 Å². The number of carbonyl (C=O) groups is 1. The molecule has 1 fully saturated rings. The molecule has 2 heterocycles. The fourth-order valence-corrected chi connectivity index (χ4v) is 7.41. The van der Waals surface area contributed by atoms with Crippen molar-refractivity contribution in [2.45, 2.75) is 67.1 Å². The van der Waals surface area contributed by atoms with Gasteiger partial charge in [0.2, 0.25) is 15.9 Å². The summed E-state index contributed by atoms with van der Waals surface area (Å²) in [6, 6.07) is 17.7. The van der Waals surface area contributed by atoms with Crippen LogP contribution in [0.1, 0.15) is 49.8 Å². The van der Waals surface area contributed by atoms with Gasteiger partial charge in [-0.3, -0.25) is 4.79 Å². The number of hydrogen-bond donors (Lipinski definition) is 3. The molecule has 1 unspecified atom stereocenters. The Kier molecular flexibility index (Phi) is 8.54. The van der Waals surface area contributed by atoms with Gasteiger partial charge in [-0.15, -0.1) is 11.8 Å². The van der Waals surface area contributed by atoms with Crippen LogP contribution in [0.3, 0.4) is 0 Å². The number of rotatable bonds is 8. The number of aromatic nitrogens is 1. The first kappa shape index (κ1) is 27.6. The molecule has 0 spiro atoms. The summed E-state index contributed by atoms with van der Waals surface area (Å²) in [5.74, 6) is 0.313. The molecule has 1 aromatic heterocycles. The van der Waals surface area contributed by atoms with Crippen LogP contribution < -0.4 is 15.4 Å². The smallest absolute Gasteiger partial charge is 0.242 e. The molecule has 206 valence electrons. The molecule has 7 nitrogen and oxygen atoms in total. The summed E-state index contributed by atoms with van der Waals surface area (Å²) in [5, 5.41) is 7.28. The third-order valence-electron chi connectivity index (χ3n) is 7.39. The molecule has 10 heteroatoms. The van der Waals surface area contributed by atoms with Crippen molar-refractivity contribution in [1.82, 2.24) is 15.0 Å². The van der Waals surface area contributed by atoms with Gasteiger partial charge < -0.3 is 10.6 Å². The maximum Gasteiger partial charge on any atom is 0.242 e. The highest BCUT2D eigenvalue weighted by Crippen LogP contribution is 2.34. The van der Waals surface area contributed by atoms with Crippen LogP contribution in [0.4, 0.5) is 10.1 Å². The van der Waals surface area contributed by atoms with Crippen molar-refractivity contribution in [3.8, 4) is 0 Å². The van der Waals surface area contributed by atoms with E-state index in [2.05, 4.69) is 32.5 Å². The second-order valence-electron chi connectivity index (χ2n) is 10.3. The van der Waals surface area contributed by atoms with Crippen molar-refractivity contribution in [1.29, 1.82) is 0 Å². The zero-order valence-electron chi connectivity index (χ0n) is 21.8. The Hall–Kier alpha value is -2.95. The molecule has 1 aliphatic heterocycles. The van der Waals surface area contributed by atoms with Crippen LogP contribution in [0.25, 0.3) is 0 Å². The lowest BCUT2D eigenvalue weighted by atomic mass is 9.85. The zero-order valence-corrected chi connectivity index (χ0v) is 23.4. The molecule has 3 N–H and O–H groups in total. The molecular formula is C29H33FN4O3S2. The third-order valence-corrected chi connectivity index (χ3v) is 10.0. The van der Waals surface area contributed by atoms with Crippen molar-refractivity contribution in [2.75, 3.05) is 11.1 Å². The molecule has 2 atom stereocenters. The lowest BCUT2D eigenvalue weighted by molar-refractivity contribution is -0.126. The second kappa shape index (κ2) is 12.1. The molecule has 5 rings (SSSR count). The van der Waals surface area contributed by atoms with Crippen LogP contribution >= 0.6 is 11.8 Å². The minimum absolute atomic E-state index is 0.0550. The van der Waals surface area contributed by atoms with E-state index in [1.165, 1.54) is 23.9 Å². The Morgan fingerprint density at radius 2 is 1.82 bits per heavy atom. The molecule has 0 saturated heterocycles. The number of sulfonamides is 1. The minimum atomic E-state index is -3.76. The molecule has 1 saturated carbocycles. The SMILES string of the molecule is C[C@@H](NC(=O)C1CCC(NS(=O)(=O)c2cnc3c(c2)NC(Cc2ccccc2)CS3)CC1)c1ccc(F)cc1. The van der Waals surface area contributed by atoms with Crippen LogP contribution in [-0.2, 0) is 21.2 Å². The Bertz CT molecular complexity index is 1400. The topological polar surface area (TPSA) is 100 Å². The van der Waals surface area contributed by atoms with Gasteiger partial charge in [0.05, 0.1) is 11.7 Å². The Labute approximate surface area is 233 Å². The van der Waals surface area contributed by atoms with Crippen LogP contribution in [0.5, 0.6) is 0 Å². The van der Waals surface area contributed by atoms with E-state index < -0.39 is 10.0 Å². The average molecular weight is 569 g/mol. The fraction of sp³-hybridized carbons (Fsp3) is 0.379. The number of nitrogens with one attached hydrogen (secondary N) is 3. The number of hydrogen-bond acceptors (Lipinski definition) is 6. The number of pyridine rings is 1. The number of anilines is 1. The van der Waals surface area contributed by atoms with E-state index >= 15 is 0 Å². The molecule has 2 aromatic carbocycles. The summed E-state index contributed by atoms with van der Waals surface area (Å²) in [6.07, 6.45) is 4.61. The largest absolute Gasteiger partial charge is 0.379 e. The van der Waals surface area contributed by atoms with Crippen LogP contribution in [0, 0.1) is 11.7 Å². The quantitative estimate of drug-likeness (QED) is 0.351. The van der Waals surface area contributed by atoms with Gasteiger partial charge in [0.1, 0.15) is 15.7 Å². The number of halogens is 1. The summed E-state index contributed by atoms with van der Waals surface area (Å²) >= 11 is 1.63. The van der Waals surface area contributed by atoms with Crippen LogP contribution in [-0.4, -0.2) is 37.1 Å². The minimum Gasteiger partial charge on any atom is -0.379 e. The van der Waals surface area contributed by atoms with Crippen LogP contribution in [0.2, 0.25) is 0 Å². The number of nitrogens with zero attached hydrogens (tertiary/aromatic N) is 1. The van der Waals surface area contributed by atoms with Gasteiger partial charge >= 0.3 is 0 Å². The predicted molar refractivity (Wildman–Crippen MR) is 152 cm³/mol. The number of benzene rings is 2. The lowest BCUT2D eigenvalue weighted by Gasteiger charge is -2.29. The number of carbonyl (C=O) groups excluding carboxylic acids is 1.